The van der Waals surface area contributed by atoms with Gasteiger partial charge in [0.05, 0.1) is 20.0 Å². The molecule has 1 N–H and O–H groups in total. The van der Waals surface area contributed by atoms with Crippen LogP contribution in [0.2, 0.25) is 5.15 Å². The number of thioether (sulfide) groups is 1. The number of rotatable bonds is 10. The maximum Gasteiger partial charge on any atom is 0.230 e. The van der Waals surface area contributed by atoms with E-state index in [4.69, 9.17) is 21.1 Å². The molecule has 9 nitrogen and oxygen atoms in total. The lowest BCUT2D eigenvalue weighted by Gasteiger charge is -2.36. The van der Waals surface area contributed by atoms with Crippen molar-refractivity contribution >= 4 is 41.0 Å². The first kappa shape index (κ1) is 27.3. The summed E-state index contributed by atoms with van der Waals surface area (Å²) in [6.45, 7) is 3.27. The predicted octanol–water partition coefficient (Wildman–Crippen LogP) is 3.44. The number of nitrogens with zero attached hydrogens (tertiary/aromatic N) is 4. The lowest BCUT2D eigenvalue weighted by molar-refractivity contribution is -0.135. The van der Waals surface area contributed by atoms with Crippen LogP contribution in [0.1, 0.15) is 31.2 Å². The molecule has 0 spiro atoms. The summed E-state index contributed by atoms with van der Waals surface area (Å²) in [5, 5.41) is 3.73. The smallest absolute Gasteiger partial charge is 0.230 e. The van der Waals surface area contributed by atoms with Gasteiger partial charge in [-0.15, -0.1) is 0 Å². The highest BCUT2D eigenvalue weighted by molar-refractivity contribution is 7.99. The van der Waals surface area contributed by atoms with Crippen LogP contribution in [0.4, 0.5) is 5.82 Å². The molecule has 1 aromatic carbocycles. The second kappa shape index (κ2) is 13.2. The highest BCUT2D eigenvalue weighted by Gasteiger charge is 2.29. The van der Waals surface area contributed by atoms with Gasteiger partial charge in [-0.2, -0.15) is 0 Å². The molecule has 1 aliphatic heterocycles. The van der Waals surface area contributed by atoms with Crippen LogP contribution in [0.25, 0.3) is 0 Å². The van der Waals surface area contributed by atoms with Crippen molar-refractivity contribution in [3.63, 3.8) is 0 Å². The van der Waals surface area contributed by atoms with Gasteiger partial charge in [0.25, 0.3) is 0 Å². The average Bonchev–Trinajstić information content (AvgIpc) is 3.46. The van der Waals surface area contributed by atoms with E-state index < -0.39 is 0 Å². The van der Waals surface area contributed by atoms with Gasteiger partial charge in [-0.25, -0.2) is 9.97 Å². The van der Waals surface area contributed by atoms with Crippen LogP contribution in [0.5, 0.6) is 11.5 Å². The van der Waals surface area contributed by atoms with Crippen molar-refractivity contribution in [1.82, 2.24) is 20.2 Å². The summed E-state index contributed by atoms with van der Waals surface area (Å²) >= 11 is 7.53. The fourth-order valence-corrected chi connectivity index (χ4v) is 5.67. The third kappa shape index (κ3) is 7.41. The lowest BCUT2D eigenvalue weighted by atomic mass is 10.1. The Bertz CT molecular complexity index is 1090. The zero-order chi connectivity index (χ0) is 26.2. The summed E-state index contributed by atoms with van der Waals surface area (Å²) in [5.74, 6) is 2.65. The Morgan fingerprint density at radius 3 is 2.49 bits per heavy atom. The quantitative estimate of drug-likeness (QED) is 0.274. The Morgan fingerprint density at radius 1 is 1.05 bits per heavy atom. The minimum atomic E-state index is -0.102. The number of methoxy groups -OCH3 is 2. The van der Waals surface area contributed by atoms with Gasteiger partial charge in [-0.1, -0.05) is 42.3 Å². The Kier molecular flexibility index (Phi) is 9.74. The molecule has 0 unspecified atom stereocenters. The molecular weight excluding hydrogens is 514 g/mol. The largest absolute Gasteiger partial charge is 0.493 e. The SMILES string of the molecule is COc1ccc(CCNC(=O)CSc2nc(Cl)cc(N3CCN(C(=O)C4CCCC4)CC3)n2)cc1OC. The van der Waals surface area contributed by atoms with Crippen LogP contribution in [0.15, 0.2) is 29.4 Å². The number of piperazine rings is 1. The fraction of sp³-hybridized carbons (Fsp3) is 0.538. The molecule has 2 amide bonds. The number of hydrogen-bond donors (Lipinski definition) is 1. The molecule has 0 radical (unpaired) electrons. The number of aromatic nitrogens is 2. The van der Waals surface area contributed by atoms with E-state index in [0.717, 1.165) is 37.1 Å². The van der Waals surface area contributed by atoms with Crippen molar-refractivity contribution in [3.05, 3.63) is 35.0 Å². The highest BCUT2D eigenvalue weighted by Crippen LogP contribution is 2.29. The molecule has 0 bridgehead atoms. The van der Waals surface area contributed by atoms with Crippen molar-refractivity contribution < 1.29 is 19.1 Å². The van der Waals surface area contributed by atoms with Gasteiger partial charge in [-0.05, 0) is 37.0 Å². The summed E-state index contributed by atoms with van der Waals surface area (Å²) in [5.41, 5.74) is 1.04. The summed E-state index contributed by atoms with van der Waals surface area (Å²) in [6.07, 6.45) is 5.03. The number of carbonyl (C=O) groups is 2. The topological polar surface area (TPSA) is 96.9 Å². The summed E-state index contributed by atoms with van der Waals surface area (Å²) in [6, 6.07) is 7.45. The second-order valence-corrected chi connectivity index (χ2v) is 10.5. The van der Waals surface area contributed by atoms with Crippen LogP contribution < -0.4 is 19.7 Å². The number of amides is 2. The third-order valence-electron chi connectivity index (χ3n) is 6.80. The summed E-state index contributed by atoms with van der Waals surface area (Å²) in [7, 11) is 3.20. The van der Waals surface area contributed by atoms with Crippen LogP contribution in [0.3, 0.4) is 0 Å². The van der Waals surface area contributed by atoms with E-state index >= 15 is 0 Å². The van der Waals surface area contributed by atoms with E-state index in [1.165, 1.54) is 11.8 Å². The maximum atomic E-state index is 12.7. The standard InChI is InChI=1S/C26H34ClN5O4S/c1-35-20-8-7-18(15-21(20)36-2)9-10-28-24(33)17-37-26-29-22(27)16-23(30-26)31-11-13-32(14-12-31)25(34)19-5-3-4-6-19/h7-8,15-16,19H,3-6,9-14,17H2,1-2H3,(H,28,33). The van der Waals surface area contributed by atoms with E-state index in [1.54, 1.807) is 20.3 Å². The number of halogens is 1. The van der Waals surface area contributed by atoms with Crippen LogP contribution in [-0.4, -0.2) is 79.4 Å². The molecule has 2 aliphatic rings. The molecule has 4 rings (SSSR count). The van der Waals surface area contributed by atoms with E-state index in [9.17, 15) is 9.59 Å². The molecule has 1 saturated heterocycles. The van der Waals surface area contributed by atoms with Crippen molar-refractivity contribution in [1.29, 1.82) is 0 Å². The van der Waals surface area contributed by atoms with E-state index in [2.05, 4.69) is 20.2 Å². The molecule has 2 fully saturated rings. The first-order valence-corrected chi connectivity index (χ1v) is 14.0. The molecule has 2 heterocycles. The molecule has 200 valence electrons. The first-order chi connectivity index (χ1) is 18.0. The number of ether oxygens (including phenoxy) is 2. The van der Waals surface area contributed by atoms with Gasteiger partial charge in [0.2, 0.25) is 11.8 Å². The number of hydrogen-bond acceptors (Lipinski definition) is 8. The molecule has 1 aliphatic carbocycles. The number of anilines is 1. The summed E-state index contributed by atoms with van der Waals surface area (Å²) in [4.78, 5) is 38.1. The van der Waals surface area contributed by atoms with Crippen molar-refractivity contribution in [2.45, 2.75) is 37.3 Å². The minimum Gasteiger partial charge on any atom is -0.493 e. The van der Waals surface area contributed by atoms with Crippen molar-refractivity contribution in [2.75, 3.05) is 57.6 Å². The normalized spacial score (nSPS) is 16.1. The van der Waals surface area contributed by atoms with Crippen molar-refractivity contribution in [3.8, 4) is 11.5 Å². The van der Waals surface area contributed by atoms with Crippen LogP contribution in [-0.2, 0) is 16.0 Å². The minimum absolute atomic E-state index is 0.102. The predicted molar refractivity (Wildman–Crippen MR) is 145 cm³/mol. The Labute approximate surface area is 227 Å². The van der Waals surface area contributed by atoms with Crippen LogP contribution in [0, 0.1) is 5.92 Å². The van der Waals surface area contributed by atoms with E-state index in [0.29, 0.717) is 66.9 Å². The highest BCUT2D eigenvalue weighted by atomic mass is 35.5. The molecule has 1 aromatic heterocycles. The zero-order valence-corrected chi connectivity index (χ0v) is 22.9. The van der Waals surface area contributed by atoms with Gasteiger partial charge in [0.15, 0.2) is 16.7 Å². The molecule has 1 saturated carbocycles. The van der Waals surface area contributed by atoms with Crippen molar-refractivity contribution in [2.24, 2.45) is 5.92 Å². The zero-order valence-electron chi connectivity index (χ0n) is 21.4. The third-order valence-corrected chi connectivity index (χ3v) is 7.84. The fourth-order valence-electron chi connectivity index (χ4n) is 4.76. The first-order valence-electron chi connectivity index (χ1n) is 12.7. The van der Waals surface area contributed by atoms with Gasteiger partial charge in [0, 0.05) is 44.7 Å². The molecule has 2 aromatic rings. The number of carbonyl (C=O) groups excluding carboxylic acids is 2. The summed E-state index contributed by atoms with van der Waals surface area (Å²) < 4.78 is 10.6. The molecular formula is C26H34ClN5O4S. The maximum absolute atomic E-state index is 12.7. The molecule has 37 heavy (non-hydrogen) atoms. The monoisotopic (exact) mass is 547 g/mol. The molecule has 11 heteroatoms. The second-order valence-electron chi connectivity index (χ2n) is 9.20. The van der Waals surface area contributed by atoms with E-state index in [-0.39, 0.29) is 17.6 Å². The lowest BCUT2D eigenvalue weighted by Crippen LogP contribution is -2.50. The van der Waals surface area contributed by atoms with Gasteiger partial charge >= 0.3 is 0 Å². The Balaban J connectivity index is 1.23. The van der Waals surface area contributed by atoms with Gasteiger partial charge < -0.3 is 24.6 Å². The average molecular weight is 548 g/mol. The van der Waals surface area contributed by atoms with Crippen LogP contribution >= 0.6 is 23.4 Å². The van der Waals surface area contributed by atoms with Gasteiger partial charge in [0.1, 0.15) is 11.0 Å². The number of benzene rings is 1. The van der Waals surface area contributed by atoms with Gasteiger partial charge in [-0.3, -0.25) is 9.59 Å². The number of nitrogens with one attached hydrogen (secondary N) is 1. The van der Waals surface area contributed by atoms with E-state index in [1.807, 2.05) is 23.1 Å². The molecule has 0 atom stereocenters. The Hall–Kier alpha value is -2.72. The Morgan fingerprint density at radius 2 is 1.78 bits per heavy atom.